The van der Waals surface area contributed by atoms with Crippen LogP contribution in [-0.2, 0) is 38.1 Å². The van der Waals surface area contributed by atoms with Gasteiger partial charge in [-0.25, -0.2) is 0 Å². The van der Waals surface area contributed by atoms with E-state index in [1.165, 1.54) is 0 Å². The van der Waals surface area contributed by atoms with E-state index in [4.69, 9.17) is 18.9 Å². The highest BCUT2D eigenvalue weighted by Gasteiger charge is 2.47. The first-order valence-electron chi connectivity index (χ1n) is 24.5. The molecule has 370 valence electrons. The molecule has 0 spiro atoms. The molecule has 1 saturated carbocycles. The van der Waals surface area contributed by atoms with Gasteiger partial charge in [0.2, 0.25) is 17.7 Å². The largest absolute Gasteiger partial charge is 0.375 e. The third-order valence-electron chi connectivity index (χ3n) is 10.5. The molecular formula is C47H94N8O8. The van der Waals surface area contributed by atoms with Gasteiger partial charge in [0.25, 0.3) is 0 Å². The molecule has 3 amide bonds. The van der Waals surface area contributed by atoms with Crippen molar-refractivity contribution in [3.8, 4) is 0 Å². The summed E-state index contributed by atoms with van der Waals surface area (Å²) in [5.74, 6) is 0.292. The third kappa shape index (κ3) is 32.1. The van der Waals surface area contributed by atoms with Crippen molar-refractivity contribution in [3.63, 3.8) is 0 Å². The minimum Gasteiger partial charge on any atom is -0.375 e. The van der Waals surface area contributed by atoms with E-state index < -0.39 is 12.2 Å². The fourth-order valence-electron chi connectivity index (χ4n) is 7.14. The standard InChI is InChI=1S/C47H94N8O8/c1-34(2)48-24-17-40(56)16-11-12-28-61-45-39(33-55-38(9)10)32-41(60-29-13-21-52-42(57)18-25-49-35(3)4)46(62-30-14-22-53-43(58)19-26-50-36(5)6)47(45)63-31-15-23-54-44(59)20-27-51-37(7)8/h34-39,41,45-51,55H,11-33H2,1-10H3,(H,52,57)(H,53,58)(H,54,59). The van der Waals surface area contributed by atoms with Crippen LogP contribution in [0.4, 0.5) is 0 Å². The second-order valence-corrected chi connectivity index (χ2v) is 18.5. The molecule has 8 N–H and O–H groups in total. The van der Waals surface area contributed by atoms with Crippen molar-refractivity contribution in [2.45, 2.75) is 194 Å². The Morgan fingerprint density at radius 1 is 0.413 bits per heavy atom. The van der Waals surface area contributed by atoms with Crippen LogP contribution in [0.1, 0.15) is 140 Å². The number of unbranched alkanes of at least 4 members (excludes halogenated alkanes) is 1. The fourth-order valence-corrected chi connectivity index (χ4v) is 7.14. The Balaban J connectivity index is 3.19. The van der Waals surface area contributed by atoms with Gasteiger partial charge < -0.3 is 61.5 Å². The van der Waals surface area contributed by atoms with E-state index in [0.717, 1.165) is 12.8 Å². The van der Waals surface area contributed by atoms with Crippen LogP contribution >= 0.6 is 0 Å². The first kappa shape index (κ1) is 58.7. The molecule has 5 unspecified atom stereocenters. The summed E-state index contributed by atoms with van der Waals surface area (Å²) in [4.78, 5) is 50.0. The summed E-state index contributed by atoms with van der Waals surface area (Å²) in [6, 6.07) is 1.56. The number of hydrogen-bond acceptors (Lipinski definition) is 13. The lowest BCUT2D eigenvalue weighted by molar-refractivity contribution is -0.219. The molecule has 0 aromatic carbocycles. The summed E-state index contributed by atoms with van der Waals surface area (Å²) in [5.41, 5.74) is 0. The maximum atomic E-state index is 12.6. The molecule has 16 nitrogen and oxygen atoms in total. The van der Waals surface area contributed by atoms with Gasteiger partial charge in [-0.3, -0.25) is 19.2 Å². The van der Waals surface area contributed by atoms with Crippen LogP contribution in [0.15, 0.2) is 0 Å². The molecule has 1 fully saturated rings. The van der Waals surface area contributed by atoms with Gasteiger partial charge in [0.15, 0.2) is 0 Å². The Labute approximate surface area is 382 Å². The van der Waals surface area contributed by atoms with E-state index >= 15 is 0 Å². The molecule has 1 rings (SSSR count). The maximum Gasteiger partial charge on any atom is 0.221 e. The predicted molar refractivity (Wildman–Crippen MR) is 253 cm³/mol. The Morgan fingerprint density at radius 2 is 0.794 bits per heavy atom. The lowest BCUT2D eigenvalue weighted by atomic mass is 9.79. The molecule has 0 heterocycles. The number of ether oxygens (including phenoxy) is 4. The first-order chi connectivity index (χ1) is 30.1. The molecule has 0 aliphatic heterocycles. The van der Waals surface area contributed by atoms with Crippen molar-refractivity contribution in [2.75, 3.05) is 78.8 Å². The number of rotatable bonds is 40. The number of amides is 3. The molecular weight excluding hydrogens is 805 g/mol. The number of hydrogen-bond donors (Lipinski definition) is 8. The average molecular weight is 899 g/mol. The molecule has 0 aromatic rings. The van der Waals surface area contributed by atoms with Crippen LogP contribution in [0.5, 0.6) is 0 Å². The second kappa shape index (κ2) is 36.9. The van der Waals surface area contributed by atoms with Gasteiger partial charge in [-0.1, -0.05) is 69.2 Å². The molecule has 1 aliphatic rings. The van der Waals surface area contributed by atoms with Crippen molar-refractivity contribution in [2.24, 2.45) is 5.92 Å². The predicted octanol–water partition coefficient (Wildman–Crippen LogP) is 3.36. The second-order valence-electron chi connectivity index (χ2n) is 18.5. The molecule has 0 radical (unpaired) electrons. The lowest BCUT2D eigenvalue weighted by Crippen LogP contribution is -2.59. The lowest BCUT2D eigenvalue weighted by Gasteiger charge is -2.46. The Bertz CT molecular complexity index is 1190. The SMILES string of the molecule is CC(C)NCCC(=O)CCCCOC1C(CNC(C)C)CC(OCCCNC(=O)CCNC(C)C)C(OCCCNC(=O)CCNC(C)C)C1OCCCNC(=O)CCNC(C)C. The zero-order chi connectivity index (χ0) is 46.8. The summed E-state index contributed by atoms with van der Waals surface area (Å²) < 4.78 is 26.9. The van der Waals surface area contributed by atoms with E-state index in [2.05, 4.69) is 112 Å². The Hall–Kier alpha value is -2.28. The van der Waals surface area contributed by atoms with E-state index in [0.29, 0.717) is 161 Å². The molecule has 0 aromatic heterocycles. The molecule has 5 atom stereocenters. The van der Waals surface area contributed by atoms with Crippen molar-refractivity contribution >= 4 is 23.5 Å². The number of nitrogens with one attached hydrogen (secondary N) is 8. The van der Waals surface area contributed by atoms with Crippen LogP contribution < -0.4 is 42.5 Å². The summed E-state index contributed by atoms with van der Waals surface area (Å²) >= 11 is 0. The van der Waals surface area contributed by atoms with Crippen molar-refractivity contribution < 1.29 is 38.1 Å². The van der Waals surface area contributed by atoms with Gasteiger partial charge in [0, 0.05) is 147 Å². The highest BCUT2D eigenvalue weighted by Crippen LogP contribution is 2.34. The van der Waals surface area contributed by atoms with E-state index in [1.54, 1.807) is 0 Å². The summed E-state index contributed by atoms with van der Waals surface area (Å²) in [6.45, 7) is 27.1. The van der Waals surface area contributed by atoms with E-state index in [1.807, 2.05) is 0 Å². The van der Waals surface area contributed by atoms with Gasteiger partial charge in [-0.15, -0.1) is 0 Å². The zero-order valence-corrected chi connectivity index (χ0v) is 41.3. The number of ketones is 1. The van der Waals surface area contributed by atoms with Crippen LogP contribution in [0.2, 0.25) is 0 Å². The number of carbonyl (C=O) groups excluding carboxylic acids is 4. The Morgan fingerprint density at radius 3 is 1.24 bits per heavy atom. The molecule has 16 heteroatoms. The highest BCUT2D eigenvalue weighted by atomic mass is 16.6. The minimum atomic E-state index is -0.484. The van der Waals surface area contributed by atoms with Gasteiger partial charge in [0.05, 0.1) is 12.2 Å². The Kier molecular flexibility index (Phi) is 34.4. The average Bonchev–Trinajstić information content (AvgIpc) is 3.20. The van der Waals surface area contributed by atoms with E-state index in [9.17, 15) is 19.2 Å². The molecule has 63 heavy (non-hydrogen) atoms. The molecule has 1 aliphatic carbocycles. The van der Waals surface area contributed by atoms with Gasteiger partial charge in [-0.2, -0.15) is 0 Å². The van der Waals surface area contributed by atoms with Crippen LogP contribution in [0.25, 0.3) is 0 Å². The van der Waals surface area contributed by atoms with Crippen LogP contribution in [-0.4, -0.2) is 157 Å². The van der Waals surface area contributed by atoms with Gasteiger partial charge in [0.1, 0.15) is 18.0 Å². The fraction of sp³-hybridized carbons (Fsp3) is 0.915. The summed E-state index contributed by atoms with van der Waals surface area (Å²) in [5, 5.41) is 25.8. The van der Waals surface area contributed by atoms with E-state index in [-0.39, 0.29) is 47.7 Å². The topological polar surface area (TPSA) is 201 Å². The highest BCUT2D eigenvalue weighted by molar-refractivity contribution is 5.78. The third-order valence-corrected chi connectivity index (χ3v) is 10.5. The minimum absolute atomic E-state index is 0.00196. The smallest absolute Gasteiger partial charge is 0.221 e. The zero-order valence-electron chi connectivity index (χ0n) is 41.3. The molecule has 0 saturated heterocycles. The van der Waals surface area contributed by atoms with Gasteiger partial charge >= 0.3 is 0 Å². The van der Waals surface area contributed by atoms with Crippen LogP contribution in [0.3, 0.4) is 0 Å². The maximum absolute atomic E-state index is 12.6. The van der Waals surface area contributed by atoms with Crippen molar-refractivity contribution in [1.29, 1.82) is 0 Å². The molecule has 0 bridgehead atoms. The van der Waals surface area contributed by atoms with Crippen molar-refractivity contribution in [1.82, 2.24) is 42.5 Å². The monoisotopic (exact) mass is 899 g/mol. The number of carbonyl (C=O) groups is 4. The van der Waals surface area contributed by atoms with Crippen LogP contribution in [0, 0.1) is 5.92 Å². The number of Topliss-reactive ketones (excluding diaryl/α,β-unsaturated/α-hetero) is 1. The normalized spacial score (nSPS) is 19.1. The summed E-state index contributed by atoms with van der Waals surface area (Å²) in [7, 11) is 0. The van der Waals surface area contributed by atoms with Gasteiger partial charge in [-0.05, 0) is 38.5 Å². The summed E-state index contributed by atoms with van der Waals surface area (Å²) in [6.07, 6.45) is 4.70. The van der Waals surface area contributed by atoms with Crippen molar-refractivity contribution in [3.05, 3.63) is 0 Å². The first-order valence-corrected chi connectivity index (χ1v) is 24.5. The quantitative estimate of drug-likeness (QED) is 0.0417.